The summed E-state index contributed by atoms with van der Waals surface area (Å²) in [5.74, 6) is 1.50. The number of aliphatic hydroxyl groups is 1. The van der Waals surface area contributed by atoms with Crippen LogP contribution in [0.4, 0.5) is 11.6 Å². The van der Waals surface area contributed by atoms with Crippen LogP contribution in [0.15, 0.2) is 12.4 Å². The maximum Gasteiger partial charge on any atom is 0.147 e. The molecule has 0 amide bonds. The first-order chi connectivity index (χ1) is 8.47. The highest BCUT2D eigenvalue weighted by Gasteiger charge is 2.24. The predicted octanol–water partition coefficient (Wildman–Crippen LogP) is 2.12. The van der Waals surface area contributed by atoms with E-state index in [9.17, 15) is 0 Å². The van der Waals surface area contributed by atoms with Gasteiger partial charge in [-0.3, -0.25) is 4.98 Å². The molecule has 1 atom stereocenters. The van der Waals surface area contributed by atoms with Crippen LogP contribution in [0.1, 0.15) is 34.1 Å². The first-order valence-electron chi connectivity index (χ1n) is 6.40. The Morgan fingerprint density at radius 1 is 1.28 bits per heavy atom. The maximum atomic E-state index is 9.13. The van der Waals surface area contributed by atoms with Crippen molar-refractivity contribution in [3.05, 3.63) is 12.4 Å². The lowest BCUT2D eigenvalue weighted by Crippen LogP contribution is -2.35. The van der Waals surface area contributed by atoms with Gasteiger partial charge in [0.15, 0.2) is 0 Å². The fourth-order valence-electron chi connectivity index (χ4n) is 1.73. The van der Waals surface area contributed by atoms with E-state index < -0.39 is 0 Å². The summed E-state index contributed by atoms with van der Waals surface area (Å²) < 4.78 is 0. The van der Waals surface area contributed by atoms with Crippen LogP contribution < -0.4 is 10.6 Å². The minimum Gasteiger partial charge on any atom is -0.396 e. The molecule has 5 nitrogen and oxygen atoms in total. The van der Waals surface area contributed by atoms with E-state index in [1.165, 1.54) is 0 Å². The average molecular weight is 252 g/mol. The molecule has 1 aromatic heterocycles. The summed E-state index contributed by atoms with van der Waals surface area (Å²) >= 11 is 0. The number of aliphatic hydroxyl groups excluding tert-OH is 1. The fourth-order valence-corrected chi connectivity index (χ4v) is 1.73. The first kappa shape index (κ1) is 14.7. The highest BCUT2D eigenvalue weighted by atomic mass is 16.3. The van der Waals surface area contributed by atoms with E-state index in [0.717, 1.165) is 18.2 Å². The zero-order valence-corrected chi connectivity index (χ0v) is 11.7. The first-order valence-corrected chi connectivity index (χ1v) is 6.40. The van der Waals surface area contributed by atoms with Crippen molar-refractivity contribution in [2.45, 2.75) is 40.2 Å². The molecule has 0 saturated heterocycles. The summed E-state index contributed by atoms with van der Waals surface area (Å²) in [5, 5.41) is 15.6. The van der Waals surface area contributed by atoms with Crippen molar-refractivity contribution in [3.8, 4) is 0 Å². The monoisotopic (exact) mass is 252 g/mol. The van der Waals surface area contributed by atoms with Crippen LogP contribution in [0.3, 0.4) is 0 Å². The molecule has 0 radical (unpaired) electrons. The second kappa shape index (κ2) is 6.54. The Kier molecular flexibility index (Phi) is 5.34. The highest BCUT2D eigenvalue weighted by Crippen LogP contribution is 2.24. The van der Waals surface area contributed by atoms with Crippen LogP contribution in [0, 0.1) is 5.41 Å². The van der Waals surface area contributed by atoms with E-state index in [1.54, 1.807) is 12.4 Å². The Labute approximate surface area is 109 Å². The Hall–Kier alpha value is -1.36. The molecule has 1 aromatic rings. The van der Waals surface area contributed by atoms with Gasteiger partial charge in [-0.1, -0.05) is 20.8 Å². The van der Waals surface area contributed by atoms with Crippen LogP contribution in [0.2, 0.25) is 0 Å². The minimum absolute atomic E-state index is 0.0542. The Balaban J connectivity index is 2.77. The van der Waals surface area contributed by atoms with Crippen molar-refractivity contribution >= 4 is 11.6 Å². The predicted molar refractivity (Wildman–Crippen MR) is 74.8 cm³/mol. The van der Waals surface area contributed by atoms with E-state index >= 15 is 0 Å². The number of hydrogen-bond donors (Lipinski definition) is 3. The van der Waals surface area contributed by atoms with Crippen molar-refractivity contribution in [2.24, 2.45) is 5.41 Å². The molecule has 0 bridgehead atoms. The van der Waals surface area contributed by atoms with Crippen LogP contribution in [-0.2, 0) is 0 Å². The third kappa shape index (κ3) is 4.49. The Bertz CT molecular complexity index is 362. The summed E-state index contributed by atoms with van der Waals surface area (Å²) in [5.41, 5.74) is 0.0542. The molecule has 0 fully saturated rings. The number of hydrogen-bond acceptors (Lipinski definition) is 5. The van der Waals surface area contributed by atoms with Gasteiger partial charge in [-0.2, -0.15) is 0 Å². The Morgan fingerprint density at radius 3 is 2.50 bits per heavy atom. The number of nitrogens with zero attached hydrogens (tertiary/aromatic N) is 2. The third-order valence-electron chi connectivity index (χ3n) is 2.78. The fraction of sp³-hybridized carbons (Fsp3) is 0.692. The zero-order chi connectivity index (χ0) is 13.6. The van der Waals surface area contributed by atoms with Gasteiger partial charge >= 0.3 is 0 Å². The lowest BCUT2D eigenvalue weighted by molar-refractivity contribution is 0.235. The molecule has 1 unspecified atom stereocenters. The molecule has 5 heteroatoms. The molecule has 0 aliphatic carbocycles. The quantitative estimate of drug-likeness (QED) is 0.723. The molecule has 1 heterocycles. The zero-order valence-electron chi connectivity index (χ0n) is 11.7. The number of nitrogens with one attached hydrogen (secondary N) is 2. The normalized spacial score (nSPS) is 13.2. The van der Waals surface area contributed by atoms with Crippen molar-refractivity contribution in [1.29, 1.82) is 0 Å². The topological polar surface area (TPSA) is 70.1 Å². The van der Waals surface area contributed by atoms with Gasteiger partial charge in [0.1, 0.15) is 11.6 Å². The second-order valence-electron chi connectivity index (χ2n) is 5.40. The molecular weight excluding hydrogens is 228 g/mol. The largest absolute Gasteiger partial charge is 0.396 e. The number of rotatable bonds is 6. The van der Waals surface area contributed by atoms with Gasteiger partial charge in [-0.05, 0) is 18.8 Å². The van der Waals surface area contributed by atoms with E-state index in [4.69, 9.17) is 5.11 Å². The van der Waals surface area contributed by atoms with Gasteiger partial charge in [-0.15, -0.1) is 0 Å². The van der Waals surface area contributed by atoms with E-state index in [-0.39, 0.29) is 18.1 Å². The van der Waals surface area contributed by atoms with Gasteiger partial charge in [0.2, 0.25) is 0 Å². The van der Waals surface area contributed by atoms with Crippen molar-refractivity contribution in [1.82, 2.24) is 9.97 Å². The summed E-state index contributed by atoms with van der Waals surface area (Å²) in [7, 11) is 0. The summed E-state index contributed by atoms with van der Waals surface area (Å²) in [6.45, 7) is 9.42. The highest BCUT2D eigenvalue weighted by molar-refractivity contribution is 5.42. The van der Waals surface area contributed by atoms with E-state index in [2.05, 4.69) is 41.4 Å². The van der Waals surface area contributed by atoms with Crippen LogP contribution >= 0.6 is 0 Å². The molecule has 0 aliphatic heterocycles. The lowest BCUT2D eigenvalue weighted by Gasteiger charge is -2.31. The standard InChI is InChI=1S/C13H24N4O/c1-5-15-11-8-14-9-12(17-11)16-10(6-7-18)13(2,3)4/h8-10,18H,5-7H2,1-4H3,(H2,15,16,17). The third-order valence-corrected chi connectivity index (χ3v) is 2.78. The molecule has 0 aromatic carbocycles. The molecule has 1 rings (SSSR count). The molecule has 0 saturated carbocycles. The van der Waals surface area contributed by atoms with Crippen molar-refractivity contribution in [3.63, 3.8) is 0 Å². The maximum absolute atomic E-state index is 9.13. The second-order valence-corrected chi connectivity index (χ2v) is 5.40. The van der Waals surface area contributed by atoms with Gasteiger partial charge in [-0.25, -0.2) is 4.98 Å². The van der Waals surface area contributed by atoms with Crippen LogP contribution in [-0.4, -0.2) is 34.3 Å². The molecule has 3 N–H and O–H groups in total. The molecule has 18 heavy (non-hydrogen) atoms. The van der Waals surface area contributed by atoms with Crippen molar-refractivity contribution < 1.29 is 5.11 Å². The summed E-state index contributed by atoms with van der Waals surface area (Å²) in [6, 6.07) is 0.161. The SMILES string of the molecule is CCNc1cncc(NC(CCO)C(C)(C)C)n1. The summed E-state index contributed by atoms with van der Waals surface area (Å²) in [4.78, 5) is 8.58. The van der Waals surface area contributed by atoms with E-state index in [0.29, 0.717) is 6.42 Å². The molecule has 0 spiro atoms. The Morgan fingerprint density at radius 2 is 1.94 bits per heavy atom. The summed E-state index contributed by atoms with van der Waals surface area (Å²) in [6.07, 6.45) is 4.10. The number of anilines is 2. The molecule has 0 aliphatic rings. The van der Waals surface area contributed by atoms with Crippen LogP contribution in [0.25, 0.3) is 0 Å². The van der Waals surface area contributed by atoms with Gasteiger partial charge in [0.05, 0.1) is 12.4 Å². The average Bonchev–Trinajstić information content (AvgIpc) is 2.28. The van der Waals surface area contributed by atoms with Gasteiger partial charge in [0.25, 0.3) is 0 Å². The molecule has 102 valence electrons. The molecular formula is C13H24N4O. The van der Waals surface area contributed by atoms with Gasteiger partial charge < -0.3 is 15.7 Å². The van der Waals surface area contributed by atoms with Gasteiger partial charge in [0, 0.05) is 19.2 Å². The van der Waals surface area contributed by atoms with E-state index in [1.807, 2.05) is 6.92 Å². The lowest BCUT2D eigenvalue weighted by atomic mass is 9.85. The minimum atomic E-state index is 0.0542. The number of aromatic nitrogens is 2. The smallest absolute Gasteiger partial charge is 0.147 e. The van der Waals surface area contributed by atoms with Crippen molar-refractivity contribution in [2.75, 3.05) is 23.8 Å². The van der Waals surface area contributed by atoms with Crippen LogP contribution in [0.5, 0.6) is 0 Å².